The molecule has 1 aromatic carbocycles. The first-order chi connectivity index (χ1) is 8.85. The molecule has 0 aliphatic carbocycles. The molecule has 96 valence electrons. The Kier molecular flexibility index (Phi) is 4.99. The van der Waals surface area contributed by atoms with Gasteiger partial charge in [0.25, 0.3) is 0 Å². The molecule has 0 fully saturated rings. The molecule has 2 rings (SSSR count). The summed E-state index contributed by atoms with van der Waals surface area (Å²) in [4.78, 5) is 4.68. The first kappa shape index (κ1) is 13.3. The zero-order valence-electron chi connectivity index (χ0n) is 10.8. The van der Waals surface area contributed by atoms with Gasteiger partial charge in [0.15, 0.2) is 0 Å². The third-order valence-electron chi connectivity index (χ3n) is 2.75. The summed E-state index contributed by atoms with van der Waals surface area (Å²) in [5.41, 5.74) is 2.31. The smallest absolute Gasteiger partial charge is 0.101 e. The highest BCUT2D eigenvalue weighted by Gasteiger charge is 2.05. The van der Waals surface area contributed by atoms with Crippen molar-refractivity contribution in [3.8, 4) is 0 Å². The van der Waals surface area contributed by atoms with Gasteiger partial charge in [-0.25, -0.2) is 4.98 Å². The maximum atomic E-state index is 5.02. The van der Waals surface area contributed by atoms with Gasteiger partial charge in [-0.2, -0.15) is 0 Å². The van der Waals surface area contributed by atoms with Gasteiger partial charge in [-0.3, -0.25) is 0 Å². The number of para-hydroxylation sites is 1. The van der Waals surface area contributed by atoms with Gasteiger partial charge in [0, 0.05) is 25.6 Å². The molecular formula is C14H18N2OS. The van der Waals surface area contributed by atoms with E-state index in [9.17, 15) is 0 Å². The molecule has 0 aliphatic rings. The monoisotopic (exact) mass is 262 g/mol. The van der Waals surface area contributed by atoms with E-state index in [1.165, 1.54) is 10.9 Å². The summed E-state index contributed by atoms with van der Waals surface area (Å²) in [6, 6.07) is 10.4. The standard InChI is InChI=1S/C14H18N2OS/c1-17-8-7-15-10-12-9-11-5-3-4-6-13(11)16-14(12)18-2/h3-6,9,15H,7-8,10H2,1-2H3. The lowest BCUT2D eigenvalue weighted by atomic mass is 10.1. The number of thioether (sulfide) groups is 1. The zero-order chi connectivity index (χ0) is 12.8. The van der Waals surface area contributed by atoms with Crippen LogP contribution in [0.2, 0.25) is 0 Å². The molecule has 0 bridgehead atoms. The van der Waals surface area contributed by atoms with Gasteiger partial charge >= 0.3 is 0 Å². The number of aromatic nitrogens is 1. The molecule has 18 heavy (non-hydrogen) atoms. The van der Waals surface area contributed by atoms with Crippen LogP contribution in [-0.4, -0.2) is 31.5 Å². The van der Waals surface area contributed by atoms with Crippen molar-refractivity contribution in [2.24, 2.45) is 0 Å². The summed E-state index contributed by atoms with van der Waals surface area (Å²) in [6.07, 6.45) is 2.07. The topological polar surface area (TPSA) is 34.1 Å². The third kappa shape index (κ3) is 3.22. The van der Waals surface area contributed by atoms with Crippen LogP contribution < -0.4 is 5.32 Å². The van der Waals surface area contributed by atoms with Gasteiger partial charge in [-0.1, -0.05) is 18.2 Å². The Morgan fingerprint density at radius 3 is 2.94 bits per heavy atom. The van der Waals surface area contributed by atoms with E-state index in [0.29, 0.717) is 0 Å². The number of fused-ring (bicyclic) bond motifs is 1. The molecule has 0 radical (unpaired) electrons. The number of nitrogens with zero attached hydrogens (tertiary/aromatic N) is 1. The second-order valence-electron chi connectivity index (χ2n) is 4.02. The Hall–Kier alpha value is -1.10. The van der Waals surface area contributed by atoms with Crippen molar-refractivity contribution in [2.45, 2.75) is 11.6 Å². The minimum absolute atomic E-state index is 0.732. The van der Waals surface area contributed by atoms with E-state index in [0.717, 1.165) is 30.2 Å². The Balaban J connectivity index is 2.19. The number of benzene rings is 1. The van der Waals surface area contributed by atoms with E-state index in [2.05, 4.69) is 34.8 Å². The molecule has 1 heterocycles. The van der Waals surface area contributed by atoms with Gasteiger partial charge in [0.2, 0.25) is 0 Å². The molecule has 0 saturated carbocycles. The van der Waals surface area contributed by atoms with E-state index in [1.807, 2.05) is 12.1 Å². The normalized spacial score (nSPS) is 11.0. The molecule has 1 N–H and O–H groups in total. The Bertz CT molecular complexity index is 516. The highest BCUT2D eigenvalue weighted by molar-refractivity contribution is 7.98. The summed E-state index contributed by atoms with van der Waals surface area (Å²) in [6.45, 7) is 2.42. The summed E-state index contributed by atoms with van der Waals surface area (Å²) in [7, 11) is 1.71. The van der Waals surface area contributed by atoms with Crippen LogP contribution in [0.3, 0.4) is 0 Å². The molecule has 3 nitrogen and oxygen atoms in total. The number of hydrogen-bond donors (Lipinski definition) is 1. The number of nitrogens with one attached hydrogen (secondary N) is 1. The van der Waals surface area contributed by atoms with Crippen LogP contribution in [0.15, 0.2) is 35.4 Å². The van der Waals surface area contributed by atoms with Crippen molar-refractivity contribution in [3.63, 3.8) is 0 Å². The number of rotatable bonds is 6. The first-order valence-electron chi connectivity index (χ1n) is 5.97. The largest absolute Gasteiger partial charge is 0.383 e. The average Bonchev–Trinajstić information content (AvgIpc) is 2.42. The number of methoxy groups -OCH3 is 1. The van der Waals surface area contributed by atoms with Crippen LogP contribution in [-0.2, 0) is 11.3 Å². The number of hydrogen-bond acceptors (Lipinski definition) is 4. The van der Waals surface area contributed by atoms with Crippen molar-refractivity contribution in [1.82, 2.24) is 10.3 Å². The molecule has 4 heteroatoms. The minimum Gasteiger partial charge on any atom is -0.383 e. The van der Waals surface area contributed by atoms with Crippen molar-refractivity contribution >= 4 is 22.7 Å². The lowest BCUT2D eigenvalue weighted by Crippen LogP contribution is -2.19. The van der Waals surface area contributed by atoms with Gasteiger partial charge in [0.05, 0.1) is 12.1 Å². The molecule has 0 amide bonds. The molecular weight excluding hydrogens is 244 g/mol. The molecule has 0 spiro atoms. The third-order valence-corrected chi connectivity index (χ3v) is 3.50. The van der Waals surface area contributed by atoms with Crippen LogP contribution in [0.25, 0.3) is 10.9 Å². The molecule has 1 aromatic heterocycles. The lowest BCUT2D eigenvalue weighted by Gasteiger charge is -2.09. The fourth-order valence-electron chi connectivity index (χ4n) is 1.84. The Morgan fingerprint density at radius 1 is 1.33 bits per heavy atom. The predicted molar refractivity (Wildman–Crippen MR) is 77.1 cm³/mol. The molecule has 0 aliphatic heterocycles. The van der Waals surface area contributed by atoms with Crippen molar-refractivity contribution < 1.29 is 4.74 Å². The molecule has 0 saturated heterocycles. The van der Waals surface area contributed by atoms with Crippen LogP contribution in [0.4, 0.5) is 0 Å². The second kappa shape index (κ2) is 6.73. The minimum atomic E-state index is 0.732. The zero-order valence-corrected chi connectivity index (χ0v) is 11.6. The predicted octanol–water partition coefficient (Wildman–Crippen LogP) is 2.69. The first-order valence-corrected chi connectivity index (χ1v) is 7.20. The van der Waals surface area contributed by atoms with E-state index in [-0.39, 0.29) is 0 Å². The van der Waals surface area contributed by atoms with Crippen molar-refractivity contribution in [3.05, 3.63) is 35.9 Å². The molecule has 0 atom stereocenters. The van der Waals surface area contributed by atoms with Gasteiger partial charge in [-0.05, 0) is 24.0 Å². The number of pyridine rings is 1. The van der Waals surface area contributed by atoms with E-state index < -0.39 is 0 Å². The summed E-state index contributed by atoms with van der Waals surface area (Å²) in [5, 5.41) is 5.65. The summed E-state index contributed by atoms with van der Waals surface area (Å²) in [5.74, 6) is 0. The lowest BCUT2D eigenvalue weighted by molar-refractivity contribution is 0.199. The molecule has 2 aromatic rings. The second-order valence-corrected chi connectivity index (χ2v) is 4.81. The molecule has 0 unspecified atom stereocenters. The van der Waals surface area contributed by atoms with Crippen LogP contribution >= 0.6 is 11.8 Å². The Morgan fingerprint density at radius 2 is 2.17 bits per heavy atom. The Labute approximate surface area is 112 Å². The average molecular weight is 262 g/mol. The van der Waals surface area contributed by atoms with Crippen LogP contribution in [0.1, 0.15) is 5.56 Å². The van der Waals surface area contributed by atoms with Crippen molar-refractivity contribution in [1.29, 1.82) is 0 Å². The maximum absolute atomic E-state index is 5.02. The fourth-order valence-corrected chi connectivity index (χ4v) is 2.43. The van der Waals surface area contributed by atoms with E-state index >= 15 is 0 Å². The van der Waals surface area contributed by atoms with E-state index in [1.54, 1.807) is 18.9 Å². The quantitative estimate of drug-likeness (QED) is 0.641. The highest BCUT2D eigenvalue weighted by Crippen LogP contribution is 2.23. The van der Waals surface area contributed by atoms with Gasteiger partial charge < -0.3 is 10.1 Å². The summed E-state index contributed by atoms with van der Waals surface area (Å²) < 4.78 is 5.02. The fraction of sp³-hybridized carbons (Fsp3) is 0.357. The number of ether oxygens (including phenoxy) is 1. The SMILES string of the molecule is COCCNCc1cc2ccccc2nc1SC. The highest BCUT2D eigenvalue weighted by atomic mass is 32.2. The van der Waals surface area contributed by atoms with Crippen molar-refractivity contribution in [2.75, 3.05) is 26.5 Å². The van der Waals surface area contributed by atoms with Crippen LogP contribution in [0, 0.1) is 0 Å². The van der Waals surface area contributed by atoms with Gasteiger partial charge in [0.1, 0.15) is 5.03 Å². The summed E-state index contributed by atoms with van der Waals surface area (Å²) >= 11 is 1.69. The van der Waals surface area contributed by atoms with E-state index in [4.69, 9.17) is 4.74 Å². The maximum Gasteiger partial charge on any atom is 0.101 e. The van der Waals surface area contributed by atoms with Crippen LogP contribution in [0.5, 0.6) is 0 Å². The van der Waals surface area contributed by atoms with Gasteiger partial charge in [-0.15, -0.1) is 11.8 Å².